The summed E-state index contributed by atoms with van der Waals surface area (Å²) in [6, 6.07) is 47.7. The van der Waals surface area contributed by atoms with Crippen LogP contribution in [0.15, 0.2) is 178 Å². The van der Waals surface area contributed by atoms with E-state index >= 15 is 0 Å². The summed E-state index contributed by atoms with van der Waals surface area (Å²) in [5, 5.41) is 6.79. The molecule has 0 aliphatic carbocycles. The predicted octanol–water partition coefficient (Wildman–Crippen LogP) is 12.0. The quantitative estimate of drug-likeness (QED) is 0.173. The lowest BCUT2D eigenvalue weighted by atomic mass is 9.84. The molecule has 0 saturated carbocycles. The van der Waals surface area contributed by atoms with Crippen molar-refractivity contribution in [3.8, 4) is 44.5 Å². The van der Waals surface area contributed by atoms with Crippen LogP contribution in [0.5, 0.6) is 0 Å². The highest BCUT2D eigenvalue weighted by atomic mass is 32.2. The molecule has 0 bridgehead atoms. The molecule has 0 unspecified atom stereocenters. The second kappa shape index (κ2) is 11.9. The van der Waals surface area contributed by atoms with E-state index in [-0.39, 0.29) is 0 Å². The molecule has 0 radical (unpaired) electrons. The van der Waals surface area contributed by atoms with Crippen molar-refractivity contribution in [1.29, 1.82) is 0 Å². The Morgan fingerprint density at radius 2 is 0.840 bits per heavy atom. The molecule has 0 fully saturated rings. The molecule has 1 aliphatic rings. The Kier molecular flexibility index (Phi) is 6.96. The summed E-state index contributed by atoms with van der Waals surface area (Å²) in [5.74, 6) is 0. The standard InChI is InChI=1S/C44H26N4S2/c1-3-13-35-33(11-1)41(27-17-18-39-40(24-27)50-44-43(49-39)47-37-15-5-6-16-38(37)48-44)34-12-2-4-14-36(34)42(35)32-22-30(28-9-7-19-45-25-28)21-31(23-32)29-10-8-20-46-26-29/h1-26H. The molecule has 1 aliphatic heterocycles. The lowest BCUT2D eigenvalue weighted by Gasteiger charge is -2.21. The maximum atomic E-state index is 4.99. The first-order valence-corrected chi connectivity index (χ1v) is 18.1. The fraction of sp³-hybridized carbons (Fsp3) is 0. The Bertz CT molecular complexity index is 2650. The molecule has 6 heteroatoms. The van der Waals surface area contributed by atoms with E-state index in [0.717, 1.165) is 48.9 Å². The van der Waals surface area contributed by atoms with Gasteiger partial charge in [0.2, 0.25) is 0 Å². The number of hydrogen-bond acceptors (Lipinski definition) is 6. The van der Waals surface area contributed by atoms with Gasteiger partial charge in [0.05, 0.1) is 11.0 Å². The van der Waals surface area contributed by atoms with Crippen molar-refractivity contribution < 1.29 is 0 Å². The third-order valence-electron chi connectivity index (χ3n) is 9.30. The van der Waals surface area contributed by atoms with Gasteiger partial charge in [-0.1, -0.05) is 102 Å². The SMILES string of the molecule is c1cncc(-c2cc(-c3cccnc3)cc(-c3c4ccccc4c(-c4ccc5c(c4)Sc4nc6ccccc6nc4S5)c4ccccc34)c2)c1. The van der Waals surface area contributed by atoms with Gasteiger partial charge in [0.1, 0.15) is 10.1 Å². The smallest absolute Gasteiger partial charge is 0.134 e. The third-order valence-corrected chi connectivity index (χ3v) is 11.6. The second-order valence-corrected chi connectivity index (χ2v) is 14.4. The van der Waals surface area contributed by atoms with E-state index in [1.807, 2.05) is 61.2 Å². The zero-order chi connectivity index (χ0) is 33.0. The van der Waals surface area contributed by atoms with Gasteiger partial charge in [-0.15, -0.1) is 0 Å². The van der Waals surface area contributed by atoms with E-state index in [4.69, 9.17) is 9.97 Å². The number of rotatable bonds is 4. The van der Waals surface area contributed by atoms with Crippen molar-refractivity contribution in [2.24, 2.45) is 0 Å². The monoisotopic (exact) mass is 674 g/mol. The molecule has 0 atom stereocenters. The van der Waals surface area contributed by atoms with Gasteiger partial charge in [-0.25, -0.2) is 9.97 Å². The average Bonchev–Trinajstić information content (AvgIpc) is 3.18. The summed E-state index contributed by atoms with van der Waals surface area (Å²) in [4.78, 5) is 21.2. The van der Waals surface area contributed by atoms with Gasteiger partial charge in [0, 0.05) is 45.7 Å². The number of fused-ring (bicyclic) bond motifs is 5. The molecule has 0 saturated heterocycles. The lowest BCUT2D eigenvalue weighted by Crippen LogP contribution is -1.97. The summed E-state index contributed by atoms with van der Waals surface area (Å²) >= 11 is 3.42. The highest BCUT2D eigenvalue weighted by molar-refractivity contribution is 8.05. The third kappa shape index (κ3) is 4.95. The highest BCUT2D eigenvalue weighted by Gasteiger charge is 2.23. The van der Waals surface area contributed by atoms with E-state index in [9.17, 15) is 0 Å². The Balaban J connectivity index is 1.19. The van der Waals surface area contributed by atoms with Crippen LogP contribution in [-0.4, -0.2) is 19.9 Å². The topological polar surface area (TPSA) is 51.6 Å². The predicted molar refractivity (Wildman–Crippen MR) is 207 cm³/mol. The van der Waals surface area contributed by atoms with Crippen LogP contribution in [0.3, 0.4) is 0 Å². The van der Waals surface area contributed by atoms with Crippen LogP contribution in [0, 0.1) is 0 Å². The van der Waals surface area contributed by atoms with Crippen molar-refractivity contribution >= 4 is 56.1 Å². The zero-order valence-electron chi connectivity index (χ0n) is 26.6. The van der Waals surface area contributed by atoms with Crippen LogP contribution in [0.1, 0.15) is 0 Å². The maximum Gasteiger partial charge on any atom is 0.134 e. The molecule has 4 heterocycles. The Morgan fingerprint density at radius 1 is 0.360 bits per heavy atom. The number of nitrogens with zero attached hydrogens (tertiary/aromatic N) is 4. The maximum absolute atomic E-state index is 4.99. The summed E-state index contributed by atoms with van der Waals surface area (Å²) in [6.07, 6.45) is 7.51. The van der Waals surface area contributed by atoms with Crippen molar-refractivity contribution in [2.45, 2.75) is 19.8 Å². The summed E-state index contributed by atoms with van der Waals surface area (Å²) < 4.78 is 0. The van der Waals surface area contributed by atoms with Crippen LogP contribution in [0.25, 0.3) is 77.1 Å². The fourth-order valence-corrected chi connectivity index (χ4v) is 9.18. The van der Waals surface area contributed by atoms with Crippen LogP contribution in [0.2, 0.25) is 0 Å². The van der Waals surface area contributed by atoms with E-state index in [1.54, 1.807) is 23.5 Å². The first kappa shape index (κ1) is 29.1. The van der Waals surface area contributed by atoms with E-state index < -0.39 is 0 Å². The zero-order valence-corrected chi connectivity index (χ0v) is 28.2. The fourth-order valence-electron chi connectivity index (χ4n) is 7.06. The van der Waals surface area contributed by atoms with Gasteiger partial charge in [-0.05, 0) is 110 Å². The first-order valence-electron chi connectivity index (χ1n) is 16.4. The van der Waals surface area contributed by atoms with Crippen molar-refractivity contribution in [3.63, 3.8) is 0 Å². The van der Waals surface area contributed by atoms with E-state index in [1.165, 1.54) is 48.0 Å². The molecule has 0 spiro atoms. The Labute approximate surface area is 297 Å². The van der Waals surface area contributed by atoms with Crippen LogP contribution >= 0.6 is 23.5 Å². The van der Waals surface area contributed by atoms with Crippen molar-refractivity contribution in [2.75, 3.05) is 0 Å². The minimum Gasteiger partial charge on any atom is -0.264 e. The van der Waals surface area contributed by atoms with E-state index in [0.29, 0.717) is 0 Å². The minimum absolute atomic E-state index is 0.922. The molecule has 9 aromatic rings. The Morgan fingerprint density at radius 3 is 1.36 bits per heavy atom. The number of benzene rings is 6. The van der Waals surface area contributed by atoms with Gasteiger partial charge >= 0.3 is 0 Å². The number of para-hydroxylation sites is 2. The van der Waals surface area contributed by atoms with Gasteiger partial charge in [0.25, 0.3) is 0 Å². The number of pyridine rings is 2. The number of hydrogen-bond donors (Lipinski definition) is 0. The van der Waals surface area contributed by atoms with Crippen LogP contribution in [0.4, 0.5) is 0 Å². The Hall–Kier alpha value is -5.82. The minimum atomic E-state index is 0.922. The summed E-state index contributed by atoms with van der Waals surface area (Å²) in [5.41, 5.74) is 11.0. The van der Waals surface area contributed by atoms with E-state index in [2.05, 4.69) is 107 Å². The molecule has 0 N–H and O–H groups in total. The number of aromatic nitrogens is 4. The normalized spacial score (nSPS) is 12.2. The van der Waals surface area contributed by atoms with Crippen molar-refractivity contribution in [1.82, 2.24) is 19.9 Å². The van der Waals surface area contributed by atoms with Gasteiger partial charge < -0.3 is 0 Å². The molecule has 6 aromatic carbocycles. The molecular formula is C44H26N4S2. The van der Waals surface area contributed by atoms with Crippen LogP contribution in [-0.2, 0) is 0 Å². The van der Waals surface area contributed by atoms with Crippen molar-refractivity contribution in [3.05, 3.63) is 158 Å². The van der Waals surface area contributed by atoms with Gasteiger partial charge in [-0.2, -0.15) is 0 Å². The molecular weight excluding hydrogens is 649 g/mol. The van der Waals surface area contributed by atoms with Crippen LogP contribution < -0.4 is 0 Å². The molecule has 4 nitrogen and oxygen atoms in total. The molecule has 10 rings (SSSR count). The summed E-state index contributed by atoms with van der Waals surface area (Å²) in [7, 11) is 0. The van der Waals surface area contributed by atoms with Gasteiger partial charge in [0.15, 0.2) is 0 Å². The molecule has 50 heavy (non-hydrogen) atoms. The first-order chi connectivity index (χ1) is 24.8. The summed E-state index contributed by atoms with van der Waals surface area (Å²) in [6.45, 7) is 0. The molecule has 3 aromatic heterocycles. The molecule has 234 valence electrons. The average molecular weight is 675 g/mol. The van der Waals surface area contributed by atoms with Gasteiger partial charge in [-0.3, -0.25) is 9.97 Å². The lowest BCUT2D eigenvalue weighted by molar-refractivity contribution is 0.953. The highest BCUT2D eigenvalue weighted by Crippen LogP contribution is 2.50. The second-order valence-electron chi connectivity index (χ2n) is 12.3. The molecule has 0 amide bonds. The largest absolute Gasteiger partial charge is 0.264 e.